The molecular formula is C15H27N5. The highest BCUT2D eigenvalue weighted by molar-refractivity contribution is 5.56. The van der Waals surface area contributed by atoms with Gasteiger partial charge in [-0.3, -0.25) is 0 Å². The monoisotopic (exact) mass is 277 g/mol. The van der Waals surface area contributed by atoms with E-state index in [1.165, 1.54) is 25.7 Å². The number of anilines is 2. The fraction of sp³-hybridized carbons (Fsp3) is 0.733. The average Bonchev–Trinajstić information content (AvgIpc) is 2.90. The number of nitrogens with one attached hydrogen (secondary N) is 2. The molecule has 0 unspecified atom stereocenters. The summed E-state index contributed by atoms with van der Waals surface area (Å²) in [5.41, 5.74) is 1.37. The SMILES string of the molecule is CCNc1ncnc(NCC2(N(C)C)CCCC2)c1C. The Balaban J connectivity index is 2.08. The maximum absolute atomic E-state index is 4.39. The van der Waals surface area contributed by atoms with Crippen LogP contribution in [-0.4, -0.2) is 47.6 Å². The first-order chi connectivity index (χ1) is 9.59. The molecule has 112 valence electrons. The van der Waals surface area contributed by atoms with Crippen molar-refractivity contribution in [3.63, 3.8) is 0 Å². The second kappa shape index (κ2) is 6.39. The summed E-state index contributed by atoms with van der Waals surface area (Å²) in [6.07, 6.45) is 6.80. The fourth-order valence-electron chi connectivity index (χ4n) is 3.04. The van der Waals surface area contributed by atoms with E-state index in [0.29, 0.717) is 0 Å². The second-order valence-corrected chi connectivity index (χ2v) is 5.91. The van der Waals surface area contributed by atoms with Gasteiger partial charge in [-0.05, 0) is 40.8 Å². The van der Waals surface area contributed by atoms with Crippen LogP contribution in [0.15, 0.2) is 6.33 Å². The Hall–Kier alpha value is -1.36. The Bertz CT molecular complexity index is 438. The summed E-state index contributed by atoms with van der Waals surface area (Å²) in [6, 6.07) is 0. The van der Waals surface area contributed by atoms with Crippen molar-refractivity contribution in [2.24, 2.45) is 0 Å². The van der Waals surface area contributed by atoms with Crippen molar-refractivity contribution < 1.29 is 0 Å². The topological polar surface area (TPSA) is 53.1 Å². The molecule has 1 fully saturated rings. The van der Waals surface area contributed by atoms with Crippen molar-refractivity contribution in [3.05, 3.63) is 11.9 Å². The molecular weight excluding hydrogens is 250 g/mol. The van der Waals surface area contributed by atoms with Crippen molar-refractivity contribution in [2.75, 3.05) is 37.8 Å². The van der Waals surface area contributed by atoms with Gasteiger partial charge in [0.15, 0.2) is 0 Å². The van der Waals surface area contributed by atoms with Crippen LogP contribution in [0.5, 0.6) is 0 Å². The van der Waals surface area contributed by atoms with Gasteiger partial charge < -0.3 is 15.5 Å². The van der Waals surface area contributed by atoms with Crippen LogP contribution in [0.25, 0.3) is 0 Å². The molecule has 0 saturated heterocycles. The maximum Gasteiger partial charge on any atom is 0.134 e. The fourth-order valence-corrected chi connectivity index (χ4v) is 3.04. The minimum absolute atomic E-state index is 0.274. The Morgan fingerprint density at radius 3 is 2.30 bits per heavy atom. The molecule has 0 aromatic carbocycles. The summed E-state index contributed by atoms with van der Waals surface area (Å²) in [5, 5.41) is 6.82. The van der Waals surface area contributed by atoms with E-state index in [-0.39, 0.29) is 5.54 Å². The van der Waals surface area contributed by atoms with E-state index in [2.05, 4.69) is 53.4 Å². The molecule has 2 rings (SSSR count). The standard InChI is InChI=1S/C15H27N5/c1-5-16-13-12(2)14(19-11-18-13)17-10-15(20(3)4)8-6-7-9-15/h11H,5-10H2,1-4H3,(H2,16,17,18,19). The largest absolute Gasteiger partial charge is 0.370 e. The molecule has 0 amide bonds. The third kappa shape index (κ3) is 3.03. The van der Waals surface area contributed by atoms with Gasteiger partial charge in [0.25, 0.3) is 0 Å². The number of aromatic nitrogens is 2. The highest BCUT2D eigenvalue weighted by Crippen LogP contribution is 2.34. The van der Waals surface area contributed by atoms with Crippen LogP contribution in [0.4, 0.5) is 11.6 Å². The molecule has 0 radical (unpaired) electrons. The quantitative estimate of drug-likeness (QED) is 0.837. The van der Waals surface area contributed by atoms with Gasteiger partial charge in [0.2, 0.25) is 0 Å². The summed E-state index contributed by atoms with van der Waals surface area (Å²) in [7, 11) is 4.37. The third-order valence-electron chi connectivity index (χ3n) is 4.50. The first-order valence-corrected chi connectivity index (χ1v) is 7.56. The first-order valence-electron chi connectivity index (χ1n) is 7.56. The zero-order valence-electron chi connectivity index (χ0n) is 13.2. The molecule has 1 aromatic rings. The zero-order valence-corrected chi connectivity index (χ0v) is 13.2. The van der Waals surface area contributed by atoms with E-state index >= 15 is 0 Å². The summed E-state index contributed by atoms with van der Waals surface area (Å²) in [6.45, 7) is 5.97. The molecule has 1 saturated carbocycles. The van der Waals surface area contributed by atoms with Crippen molar-refractivity contribution in [3.8, 4) is 0 Å². The second-order valence-electron chi connectivity index (χ2n) is 5.91. The average molecular weight is 277 g/mol. The molecule has 0 bridgehead atoms. The molecule has 0 atom stereocenters. The molecule has 5 heteroatoms. The molecule has 0 spiro atoms. The lowest BCUT2D eigenvalue weighted by atomic mass is 9.96. The van der Waals surface area contributed by atoms with Crippen LogP contribution in [0.1, 0.15) is 38.2 Å². The van der Waals surface area contributed by atoms with Gasteiger partial charge in [-0.15, -0.1) is 0 Å². The zero-order chi connectivity index (χ0) is 14.6. The molecule has 1 aromatic heterocycles. The molecule has 1 aliphatic rings. The van der Waals surface area contributed by atoms with E-state index in [0.717, 1.165) is 30.3 Å². The van der Waals surface area contributed by atoms with Crippen LogP contribution >= 0.6 is 0 Å². The molecule has 1 heterocycles. The van der Waals surface area contributed by atoms with Crippen molar-refractivity contribution in [2.45, 2.75) is 45.1 Å². The van der Waals surface area contributed by atoms with E-state index in [4.69, 9.17) is 0 Å². The van der Waals surface area contributed by atoms with Gasteiger partial charge in [-0.1, -0.05) is 12.8 Å². The highest BCUT2D eigenvalue weighted by Gasteiger charge is 2.35. The molecule has 0 aliphatic heterocycles. The number of rotatable bonds is 6. The van der Waals surface area contributed by atoms with Gasteiger partial charge >= 0.3 is 0 Å². The molecule has 2 N–H and O–H groups in total. The Morgan fingerprint density at radius 1 is 1.15 bits per heavy atom. The lowest BCUT2D eigenvalue weighted by Crippen LogP contribution is -2.47. The number of nitrogens with zero attached hydrogens (tertiary/aromatic N) is 3. The van der Waals surface area contributed by atoms with E-state index < -0.39 is 0 Å². The lowest BCUT2D eigenvalue weighted by molar-refractivity contribution is 0.172. The van der Waals surface area contributed by atoms with Crippen LogP contribution in [0.2, 0.25) is 0 Å². The van der Waals surface area contributed by atoms with Gasteiger partial charge in [0, 0.05) is 24.2 Å². The third-order valence-corrected chi connectivity index (χ3v) is 4.50. The Kier molecular flexibility index (Phi) is 4.81. The van der Waals surface area contributed by atoms with Crippen molar-refractivity contribution in [1.29, 1.82) is 0 Å². The summed E-state index contributed by atoms with van der Waals surface area (Å²) >= 11 is 0. The van der Waals surface area contributed by atoms with Crippen LogP contribution in [0, 0.1) is 6.92 Å². The van der Waals surface area contributed by atoms with Crippen LogP contribution in [-0.2, 0) is 0 Å². The number of hydrogen-bond acceptors (Lipinski definition) is 5. The molecule has 20 heavy (non-hydrogen) atoms. The number of hydrogen-bond donors (Lipinski definition) is 2. The van der Waals surface area contributed by atoms with Crippen LogP contribution in [0.3, 0.4) is 0 Å². The smallest absolute Gasteiger partial charge is 0.134 e. The van der Waals surface area contributed by atoms with Gasteiger partial charge in [-0.25, -0.2) is 9.97 Å². The van der Waals surface area contributed by atoms with E-state index in [1.807, 2.05) is 0 Å². The van der Waals surface area contributed by atoms with Crippen molar-refractivity contribution in [1.82, 2.24) is 14.9 Å². The Labute approximate surface area is 122 Å². The molecule has 1 aliphatic carbocycles. The highest BCUT2D eigenvalue weighted by atomic mass is 15.2. The van der Waals surface area contributed by atoms with Gasteiger partial charge in [0.05, 0.1) is 0 Å². The van der Waals surface area contributed by atoms with E-state index in [1.54, 1.807) is 6.33 Å². The lowest BCUT2D eigenvalue weighted by Gasteiger charge is -2.36. The van der Waals surface area contributed by atoms with Crippen molar-refractivity contribution >= 4 is 11.6 Å². The summed E-state index contributed by atoms with van der Waals surface area (Å²) < 4.78 is 0. The first kappa shape index (κ1) is 15.0. The summed E-state index contributed by atoms with van der Waals surface area (Å²) in [4.78, 5) is 11.0. The predicted molar refractivity (Wildman–Crippen MR) is 84.3 cm³/mol. The maximum atomic E-state index is 4.39. The Morgan fingerprint density at radius 2 is 1.75 bits per heavy atom. The molecule has 5 nitrogen and oxygen atoms in total. The van der Waals surface area contributed by atoms with Gasteiger partial charge in [0.1, 0.15) is 18.0 Å². The number of likely N-dealkylation sites (N-methyl/N-ethyl adjacent to an activating group) is 1. The van der Waals surface area contributed by atoms with E-state index in [9.17, 15) is 0 Å². The minimum atomic E-state index is 0.274. The van der Waals surface area contributed by atoms with Crippen LogP contribution < -0.4 is 10.6 Å². The minimum Gasteiger partial charge on any atom is -0.370 e. The van der Waals surface area contributed by atoms with Gasteiger partial charge in [-0.2, -0.15) is 0 Å². The predicted octanol–water partition coefficient (Wildman–Crippen LogP) is 2.50. The normalized spacial score (nSPS) is 17.4. The summed E-state index contributed by atoms with van der Waals surface area (Å²) in [5.74, 6) is 1.87.